The third-order valence-corrected chi connectivity index (χ3v) is 2.25. The van der Waals surface area contributed by atoms with Crippen LogP contribution in [0.15, 0.2) is 0 Å². The zero-order chi connectivity index (χ0) is 11.0. The van der Waals surface area contributed by atoms with E-state index in [2.05, 4.69) is 6.92 Å². The maximum Gasteiger partial charge on any atom is 0.226 e. The van der Waals surface area contributed by atoms with Gasteiger partial charge < -0.3 is 0 Å². The molecule has 0 aromatic carbocycles. The van der Waals surface area contributed by atoms with E-state index in [4.69, 9.17) is 0 Å². The molecular weight excluding hydrogens is 178 g/mol. The summed E-state index contributed by atoms with van der Waals surface area (Å²) in [4.78, 5) is 23.3. The Kier molecular flexibility index (Phi) is 7.07. The SMILES string of the molecule is CCCCCCCN(C(C)=O)C(C)=O. The largest absolute Gasteiger partial charge is 0.283 e. The number of rotatable bonds is 6. The van der Waals surface area contributed by atoms with E-state index in [1.807, 2.05) is 0 Å². The quantitative estimate of drug-likeness (QED) is 0.616. The summed E-state index contributed by atoms with van der Waals surface area (Å²) in [5.41, 5.74) is 0. The molecular formula is C11H21NO2. The minimum absolute atomic E-state index is 0.145. The van der Waals surface area contributed by atoms with Crippen molar-refractivity contribution in [1.82, 2.24) is 4.90 Å². The van der Waals surface area contributed by atoms with Crippen molar-refractivity contribution in [3.63, 3.8) is 0 Å². The first-order valence-corrected chi connectivity index (χ1v) is 5.38. The number of unbranched alkanes of at least 4 members (excludes halogenated alkanes) is 4. The molecule has 0 spiro atoms. The fourth-order valence-electron chi connectivity index (χ4n) is 1.41. The van der Waals surface area contributed by atoms with Crippen LogP contribution in [-0.4, -0.2) is 23.3 Å². The molecule has 0 saturated heterocycles. The lowest BCUT2D eigenvalue weighted by Crippen LogP contribution is -2.34. The molecule has 0 aromatic rings. The van der Waals surface area contributed by atoms with Gasteiger partial charge in [-0.1, -0.05) is 32.6 Å². The highest BCUT2D eigenvalue weighted by Gasteiger charge is 2.11. The highest BCUT2D eigenvalue weighted by Crippen LogP contribution is 2.04. The monoisotopic (exact) mass is 199 g/mol. The first kappa shape index (κ1) is 13.1. The summed E-state index contributed by atoms with van der Waals surface area (Å²) >= 11 is 0. The number of hydrogen-bond acceptors (Lipinski definition) is 2. The van der Waals surface area contributed by atoms with E-state index < -0.39 is 0 Å². The van der Waals surface area contributed by atoms with Crippen LogP contribution < -0.4 is 0 Å². The van der Waals surface area contributed by atoms with Crippen molar-refractivity contribution >= 4 is 11.8 Å². The lowest BCUT2D eigenvalue weighted by atomic mass is 10.1. The number of carbonyl (C=O) groups is 2. The van der Waals surface area contributed by atoms with E-state index in [9.17, 15) is 9.59 Å². The second-order valence-electron chi connectivity index (χ2n) is 3.60. The van der Waals surface area contributed by atoms with Gasteiger partial charge in [0.05, 0.1) is 0 Å². The smallest absolute Gasteiger partial charge is 0.226 e. The van der Waals surface area contributed by atoms with Crippen molar-refractivity contribution in [1.29, 1.82) is 0 Å². The summed E-state index contributed by atoms with van der Waals surface area (Å²) in [5.74, 6) is -0.291. The number of carbonyl (C=O) groups excluding carboxylic acids is 2. The number of imide groups is 1. The molecule has 0 bridgehead atoms. The number of amides is 2. The summed E-state index contributed by atoms with van der Waals surface area (Å²) in [7, 11) is 0. The van der Waals surface area contributed by atoms with Gasteiger partial charge in [-0.15, -0.1) is 0 Å². The van der Waals surface area contributed by atoms with E-state index in [-0.39, 0.29) is 11.8 Å². The van der Waals surface area contributed by atoms with Crippen molar-refractivity contribution in [2.45, 2.75) is 52.9 Å². The van der Waals surface area contributed by atoms with E-state index >= 15 is 0 Å². The predicted molar refractivity (Wildman–Crippen MR) is 56.8 cm³/mol. The van der Waals surface area contributed by atoms with E-state index in [1.54, 1.807) is 0 Å². The van der Waals surface area contributed by atoms with Crippen LogP contribution in [0.1, 0.15) is 52.9 Å². The molecule has 0 aromatic heterocycles. The molecule has 0 unspecified atom stereocenters. The zero-order valence-corrected chi connectivity index (χ0v) is 9.51. The molecule has 0 aliphatic heterocycles. The Balaban J connectivity index is 3.62. The highest BCUT2D eigenvalue weighted by molar-refractivity contribution is 5.92. The van der Waals surface area contributed by atoms with Crippen LogP contribution in [0.2, 0.25) is 0 Å². The van der Waals surface area contributed by atoms with Crippen LogP contribution in [0.4, 0.5) is 0 Å². The fourth-order valence-corrected chi connectivity index (χ4v) is 1.41. The van der Waals surface area contributed by atoms with Gasteiger partial charge in [-0.3, -0.25) is 14.5 Å². The molecule has 82 valence electrons. The highest BCUT2D eigenvalue weighted by atomic mass is 16.2. The molecule has 0 radical (unpaired) electrons. The maximum absolute atomic E-state index is 11.0. The first-order valence-electron chi connectivity index (χ1n) is 5.38. The third-order valence-electron chi connectivity index (χ3n) is 2.25. The zero-order valence-electron chi connectivity index (χ0n) is 9.51. The Labute approximate surface area is 86.5 Å². The van der Waals surface area contributed by atoms with Gasteiger partial charge in [-0.05, 0) is 6.42 Å². The molecule has 2 amide bonds. The average Bonchev–Trinajstić information content (AvgIpc) is 2.09. The summed E-state index contributed by atoms with van der Waals surface area (Å²) < 4.78 is 0. The molecule has 3 heteroatoms. The Morgan fingerprint density at radius 1 is 0.929 bits per heavy atom. The Morgan fingerprint density at radius 2 is 1.43 bits per heavy atom. The van der Waals surface area contributed by atoms with Crippen LogP contribution in [0, 0.1) is 0 Å². The van der Waals surface area contributed by atoms with Gasteiger partial charge >= 0.3 is 0 Å². The van der Waals surface area contributed by atoms with Crippen molar-refractivity contribution < 1.29 is 9.59 Å². The summed E-state index contributed by atoms with van der Waals surface area (Å²) in [6.45, 7) is 5.62. The Bertz CT molecular complexity index is 176. The standard InChI is InChI=1S/C11H21NO2/c1-4-5-6-7-8-9-12(10(2)13)11(3)14/h4-9H2,1-3H3. The van der Waals surface area contributed by atoms with Crippen molar-refractivity contribution in [2.75, 3.05) is 6.54 Å². The molecule has 3 nitrogen and oxygen atoms in total. The van der Waals surface area contributed by atoms with Gasteiger partial charge in [0.25, 0.3) is 0 Å². The lowest BCUT2D eigenvalue weighted by Gasteiger charge is -2.16. The van der Waals surface area contributed by atoms with Crippen molar-refractivity contribution in [3.05, 3.63) is 0 Å². The maximum atomic E-state index is 11.0. The normalized spacial score (nSPS) is 9.93. The number of hydrogen-bond donors (Lipinski definition) is 0. The molecule has 0 atom stereocenters. The van der Waals surface area contributed by atoms with Gasteiger partial charge in [0.1, 0.15) is 0 Å². The predicted octanol–water partition coefficient (Wildman–Crippen LogP) is 2.35. The second-order valence-corrected chi connectivity index (χ2v) is 3.60. The van der Waals surface area contributed by atoms with Gasteiger partial charge in [0.15, 0.2) is 0 Å². The molecule has 0 aliphatic rings. The topological polar surface area (TPSA) is 37.4 Å². The van der Waals surface area contributed by atoms with E-state index in [1.165, 1.54) is 38.0 Å². The first-order chi connectivity index (χ1) is 6.59. The van der Waals surface area contributed by atoms with Crippen LogP contribution in [0.3, 0.4) is 0 Å². The minimum atomic E-state index is -0.145. The van der Waals surface area contributed by atoms with Gasteiger partial charge in [0.2, 0.25) is 11.8 Å². The van der Waals surface area contributed by atoms with E-state index in [0.717, 1.165) is 12.8 Å². The Hall–Kier alpha value is -0.860. The molecule has 0 rings (SSSR count). The fraction of sp³-hybridized carbons (Fsp3) is 0.818. The van der Waals surface area contributed by atoms with E-state index in [0.29, 0.717) is 6.54 Å². The summed E-state index contributed by atoms with van der Waals surface area (Å²) in [6.07, 6.45) is 5.67. The molecule has 0 heterocycles. The number of nitrogens with zero attached hydrogens (tertiary/aromatic N) is 1. The van der Waals surface area contributed by atoms with Crippen LogP contribution >= 0.6 is 0 Å². The Morgan fingerprint density at radius 3 is 1.86 bits per heavy atom. The van der Waals surface area contributed by atoms with Crippen LogP contribution in [-0.2, 0) is 9.59 Å². The van der Waals surface area contributed by atoms with Crippen molar-refractivity contribution in [2.24, 2.45) is 0 Å². The molecule has 0 aliphatic carbocycles. The van der Waals surface area contributed by atoms with Gasteiger partial charge in [0, 0.05) is 20.4 Å². The molecule has 14 heavy (non-hydrogen) atoms. The average molecular weight is 199 g/mol. The van der Waals surface area contributed by atoms with Gasteiger partial charge in [-0.25, -0.2) is 0 Å². The summed E-state index contributed by atoms with van der Waals surface area (Å²) in [6, 6.07) is 0. The van der Waals surface area contributed by atoms with Crippen LogP contribution in [0.25, 0.3) is 0 Å². The molecule has 0 saturated carbocycles. The lowest BCUT2D eigenvalue weighted by molar-refractivity contribution is -0.142. The van der Waals surface area contributed by atoms with Crippen LogP contribution in [0.5, 0.6) is 0 Å². The van der Waals surface area contributed by atoms with Crippen molar-refractivity contribution in [3.8, 4) is 0 Å². The third kappa shape index (κ3) is 5.73. The van der Waals surface area contributed by atoms with Gasteiger partial charge in [-0.2, -0.15) is 0 Å². The molecule has 0 fully saturated rings. The minimum Gasteiger partial charge on any atom is -0.283 e. The second kappa shape index (κ2) is 7.54. The molecule has 0 N–H and O–H groups in total. The summed E-state index contributed by atoms with van der Waals surface area (Å²) in [5, 5.41) is 0.